The van der Waals surface area contributed by atoms with Gasteiger partial charge < -0.3 is 10.2 Å². The molecule has 2 N–H and O–H groups in total. The van der Waals surface area contributed by atoms with Gasteiger partial charge in [0.2, 0.25) is 0 Å². The van der Waals surface area contributed by atoms with Crippen LogP contribution in [0.1, 0.15) is 47.5 Å². The summed E-state index contributed by atoms with van der Waals surface area (Å²) in [5.41, 5.74) is 0.955. The third-order valence-corrected chi connectivity index (χ3v) is 5.58. The van der Waals surface area contributed by atoms with E-state index in [1.165, 1.54) is 11.1 Å². The first kappa shape index (κ1) is 17.2. The van der Waals surface area contributed by atoms with Gasteiger partial charge in [-0.3, -0.25) is 0 Å². The Morgan fingerprint density at radius 3 is 1.73 bits per heavy atom. The smallest absolute Gasteiger partial charge is 0.0865 e. The molecular formula is C20H30O2. The van der Waals surface area contributed by atoms with Crippen molar-refractivity contribution in [3.63, 3.8) is 0 Å². The normalized spacial score (nSPS) is 39.4. The van der Waals surface area contributed by atoms with Gasteiger partial charge in [0.05, 0.1) is 11.2 Å². The van der Waals surface area contributed by atoms with Gasteiger partial charge in [-0.1, -0.05) is 74.8 Å². The lowest BCUT2D eigenvalue weighted by Gasteiger charge is -2.41. The van der Waals surface area contributed by atoms with Gasteiger partial charge in [0, 0.05) is 17.8 Å². The third kappa shape index (κ3) is 3.13. The van der Waals surface area contributed by atoms with E-state index in [0.717, 1.165) is 12.8 Å². The number of allylic oxidation sites excluding steroid dienone is 4. The molecule has 22 heavy (non-hydrogen) atoms. The van der Waals surface area contributed by atoms with Gasteiger partial charge >= 0.3 is 0 Å². The molecule has 2 aliphatic rings. The molecular weight excluding hydrogens is 272 g/mol. The predicted octanol–water partition coefficient (Wildman–Crippen LogP) is 4.17. The lowest BCUT2D eigenvalue weighted by atomic mass is 9.67. The molecule has 2 rings (SSSR count). The average Bonchev–Trinajstić information content (AvgIpc) is 2.43. The van der Waals surface area contributed by atoms with Crippen LogP contribution in [0.2, 0.25) is 0 Å². The quantitative estimate of drug-likeness (QED) is 0.818. The fourth-order valence-electron chi connectivity index (χ4n) is 3.61. The third-order valence-electron chi connectivity index (χ3n) is 5.58. The Morgan fingerprint density at radius 1 is 0.955 bits per heavy atom. The molecule has 0 fully saturated rings. The van der Waals surface area contributed by atoms with Gasteiger partial charge in [0.1, 0.15) is 0 Å². The summed E-state index contributed by atoms with van der Waals surface area (Å²) in [6.45, 7) is 10.1. The molecule has 2 nitrogen and oxygen atoms in total. The monoisotopic (exact) mass is 302 g/mol. The van der Waals surface area contributed by atoms with Crippen molar-refractivity contribution in [2.45, 2.75) is 58.7 Å². The highest BCUT2D eigenvalue weighted by Crippen LogP contribution is 2.43. The van der Waals surface area contributed by atoms with Crippen LogP contribution in [0.15, 0.2) is 47.6 Å². The Labute approximate surface area is 134 Å². The molecule has 0 aromatic carbocycles. The van der Waals surface area contributed by atoms with Crippen molar-refractivity contribution in [1.82, 2.24) is 0 Å². The van der Waals surface area contributed by atoms with Gasteiger partial charge in [0.15, 0.2) is 0 Å². The summed E-state index contributed by atoms with van der Waals surface area (Å²) >= 11 is 0. The number of hydrogen-bond donors (Lipinski definition) is 2. The predicted molar refractivity (Wildman–Crippen MR) is 92.4 cm³/mol. The number of rotatable bonds is 4. The Balaban J connectivity index is 2.40. The summed E-state index contributed by atoms with van der Waals surface area (Å²) < 4.78 is 0. The fraction of sp³-hybridized carbons (Fsp3) is 0.600. The van der Waals surface area contributed by atoms with Crippen LogP contribution in [0.3, 0.4) is 0 Å². The first-order valence-electron chi connectivity index (χ1n) is 8.44. The van der Waals surface area contributed by atoms with Crippen LogP contribution in [-0.2, 0) is 0 Å². The SMILES string of the molecule is CCCC(C1=CC=CC(C)(O)C1C)C1=CC=CC(C)(O)C1C. The molecule has 4 unspecified atom stereocenters. The highest BCUT2D eigenvalue weighted by Gasteiger charge is 2.39. The standard InChI is InChI=1S/C20H30O2/c1-6-9-18(16-10-7-12-19(4,21)14(16)2)17-11-8-13-20(5,22)15(17)3/h7-8,10-15,18,21-22H,6,9H2,1-5H3. The lowest BCUT2D eigenvalue weighted by molar-refractivity contribution is 0.0560. The van der Waals surface area contributed by atoms with Crippen LogP contribution in [0, 0.1) is 17.8 Å². The Hall–Kier alpha value is -1.12. The van der Waals surface area contributed by atoms with Crippen molar-refractivity contribution in [2.24, 2.45) is 17.8 Å². The van der Waals surface area contributed by atoms with Crippen molar-refractivity contribution < 1.29 is 10.2 Å². The average molecular weight is 302 g/mol. The first-order valence-corrected chi connectivity index (χ1v) is 8.44. The summed E-state index contributed by atoms with van der Waals surface area (Å²) in [5.74, 6) is 0.443. The molecule has 0 aliphatic heterocycles. The molecule has 0 bridgehead atoms. The van der Waals surface area contributed by atoms with Crippen LogP contribution in [-0.4, -0.2) is 21.4 Å². The van der Waals surface area contributed by atoms with E-state index in [0.29, 0.717) is 0 Å². The summed E-state index contributed by atoms with van der Waals surface area (Å²) in [6, 6.07) is 0. The topological polar surface area (TPSA) is 40.5 Å². The molecule has 0 spiro atoms. The highest BCUT2D eigenvalue weighted by atomic mass is 16.3. The van der Waals surface area contributed by atoms with Crippen LogP contribution >= 0.6 is 0 Å². The fourth-order valence-corrected chi connectivity index (χ4v) is 3.61. The van der Waals surface area contributed by atoms with Crippen molar-refractivity contribution in [2.75, 3.05) is 0 Å². The summed E-state index contributed by atoms with van der Waals surface area (Å²) in [5, 5.41) is 21.2. The maximum Gasteiger partial charge on any atom is 0.0865 e. The van der Waals surface area contributed by atoms with E-state index in [1.54, 1.807) is 0 Å². The largest absolute Gasteiger partial charge is 0.385 e. The molecule has 0 aromatic rings. The summed E-state index contributed by atoms with van der Waals surface area (Å²) in [4.78, 5) is 0. The number of hydrogen-bond acceptors (Lipinski definition) is 2. The molecule has 0 amide bonds. The van der Waals surface area contributed by atoms with E-state index in [-0.39, 0.29) is 17.8 Å². The lowest BCUT2D eigenvalue weighted by Crippen LogP contribution is -2.39. The molecule has 0 saturated heterocycles. The second-order valence-electron chi connectivity index (χ2n) is 7.29. The first-order chi connectivity index (χ1) is 10.2. The zero-order valence-corrected chi connectivity index (χ0v) is 14.5. The zero-order chi connectivity index (χ0) is 16.5. The minimum absolute atomic E-state index is 0.0815. The molecule has 0 heterocycles. The van der Waals surface area contributed by atoms with Gasteiger partial charge in [-0.05, 0) is 20.3 Å². The Bertz CT molecular complexity index is 486. The maximum atomic E-state index is 10.6. The van der Waals surface area contributed by atoms with Crippen molar-refractivity contribution in [3.05, 3.63) is 47.6 Å². The molecule has 0 saturated carbocycles. The van der Waals surface area contributed by atoms with Crippen LogP contribution in [0.4, 0.5) is 0 Å². The summed E-state index contributed by atoms with van der Waals surface area (Å²) in [6.07, 6.45) is 14.1. The second-order valence-corrected chi connectivity index (χ2v) is 7.29. The maximum absolute atomic E-state index is 10.6. The Morgan fingerprint density at radius 2 is 1.36 bits per heavy atom. The van der Waals surface area contributed by atoms with Gasteiger partial charge in [-0.2, -0.15) is 0 Å². The van der Waals surface area contributed by atoms with Crippen LogP contribution in [0.25, 0.3) is 0 Å². The van der Waals surface area contributed by atoms with Crippen molar-refractivity contribution in [3.8, 4) is 0 Å². The summed E-state index contributed by atoms with van der Waals surface area (Å²) in [7, 11) is 0. The molecule has 2 aliphatic carbocycles. The number of aliphatic hydroxyl groups is 2. The molecule has 4 atom stereocenters. The van der Waals surface area contributed by atoms with Gasteiger partial charge in [-0.15, -0.1) is 0 Å². The van der Waals surface area contributed by atoms with E-state index in [2.05, 4.69) is 32.9 Å². The van der Waals surface area contributed by atoms with E-state index >= 15 is 0 Å². The van der Waals surface area contributed by atoms with Crippen molar-refractivity contribution in [1.29, 1.82) is 0 Å². The van der Waals surface area contributed by atoms with E-state index in [4.69, 9.17) is 0 Å². The minimum atomic E-state index is -0.799. The minimum Gasteiger partial charge on any atom is -0.385 e. The molecule has 0 radical (unpaired) electrons. The van der Waals surface area contributed by atoms with Gasteiger partial charge in [-0.25, -0.2) is 0 Å². The molecule has 2 heteroatoms. The van der Waals surface area contributed by atoms with E-state index in [1.807, 2.05) is 38.2 Å². The second kappa shape index (κ2) is 6.17. The molecule has 0 aromatic heterocycles. The zero-order valence-electron chi connectivity index (χ0n) is 14.5. The van der Waals surface area contributed by atoms with Gasteiger partial charge in [0.25, 0.3) is 0 Å². The van der Waals surface area contributed by atoms with Crippen LogP contribution < -0.4 is 0 Å². The van der Waals surface area contributed by atoms with E-state index in [9.17, 15) is 10.2 Å². The Kier molecular flexibility index (Phi) is 4.84. The van der Waals surface area contributed by atoms with Crippen LogP contribution in [0.5, 0.6) is 0 Å². The van der Waals surface area contributed by atoms with Crippen molar-refractivity contribution >= 4 is 0 Å². The molecule has 122 valence electrons. The van der Waals surface area contributed by atoms with E-state index < -0.39 is 11.2 Å². The highest BCUT2D eigenvalue weighted by molar-refractivity contribution is 5.38.